The molecule has 17 heteroatoms. The van der Waals surface area contributed by atoms with Crippen LogP contribution in [0.1, 0.15) is 17.7 Å². The lowest BCUT2D eigenvalue weighted by Crippen LogP contribution is -2.25. The summed E-state index contributed by atoms with van der Waals surface area (Å²) in [6, 6.07) is 11.5. The maximum absolute atomic E-state index is 12.6. The lowest BCUT2D eigenvalue weighted by Gasteiger charge is -2.13. The van der Waals surface area contributed by atoms with E-state index in [9.17, 15) is 32.6 Å². The molecular weight excluding hydrogens is 609 g/mol. The van der Waals surface area contributed by atoms with E-state index in [0.29, 0.717) is 33.0 Å². The summed E-state index contributed by atoms with van der Waals surface area (Å²) >= 11 is 0.946. The second kappa shape index (κ2) is 14.4. The zero-order chi connectivity index (χ0) is 31.0. The highest BCUT2D eigenvalue weighted by molar-refractivity contribution is 7.91. The number of carboxylic acids is 1. The van der Waals surface area contributed by atoms with Crippen LogP contribution in [0.5, 0.6) is 11.5 Å². The zero-order valence-corrected chi connectivity index (χ0v) is 24.2. The number of carbonyl (C=O) groups is 2. The van der Waals surface area contributed by atoms with Gasteiger partial charge in [0.1, 0.15) is 49.7 Å². The molecule has 1 unspecified atom stereocenters. The van der Waals surface area contributed by atoms with Gasteiger partial charge in [0.15, 0.2) is 5.78 Å². The second-order valence-electron chi connectivity index (χ2n) is 9.41. The molecule has 4 rings (SSSR count). The molecule has 230 valence electrons. The number of carboxylic acid groups (broad SMARTS) is 1. The third-order valence-electron chi connectivity index (χ3n) is 5.82. The third-order valence-corrected chi connectivity index (χ3v) is 8.18. The molecule has 0 radical (unpaired) electrons. The van der Waals surface area contributed by atoms with Gasteiger partial charge in [0.25, 0.3) is 10.0 Å². The van der Waals surface area contributed by atoms with Gasteiger partial charge in [0, 0.05) is 12.5 Å². The fourth-order valence-corrected chi connectivity index (χ4v) is 5.39. The molecule has 4 aromatic rings. The number of aromatic nitrogens is 4. The number of alkyl halides is 1. The summed E-state index contributed by atoms with van der Waals surface area (Å²) in [6.45, 7) is -1.51. The smallest absolute Gasteiger partial charge is 0.309 e. The summed E-state index contributed by atoms with van der Waals surface area (Å²) < 4.78 is 53.7. The maximum atomic E-state index is 12.6. The van der Waals surface area contributed by atoms with Crippen molar-refractivity contribution in [2.24, 2.45) is 11.1 Å². The number of ketones is 1. The SMILES string of the molecule is NS(=O)(=O)c1nc2cc(OCc3cn(CC(=O)C[C@@H](COCc4cccc(OCC(O)CF)c4)C(=O)O)nn3)ccc2s1. The first-order valence-corrected chi connectivity index (χ1v) is 15.1. The number of thiazole rings is 1. The van der Waals surface area contributed by atoms with Crippen LogP contribution in [0, 0.1) is 5.92 Å². The molecule has 2 atom stereocenters. The number of sulfonamides is 1. The highest BCUT2D eigenvalue weighted by atomic mass is 32.2. The Kier molecular flexibility index (Phi) is 10.7. The average molecular weight is 638 g/mol. The second-order valence-corrected chi connectivity index (χ2v) is 12.2. The Morgan fingerprint density at radius 2 is 1.88 bits per heavy atom. The molecule has 4 N–H and O–H groups in total. The van der Waals surface area contributed by atoms with Gasteiger partial charge >= 0.3 is 5.97 Å². The Hall–Kier alpha value is -4.03. The molecule has 0 aliphatic carbocycles. The minimum absolute atomic E-state index is 0.000141. The fraction of sp³-hybridized carbons (Fsp3) is 0.346. The Bertz CT molecular complexity index is 1680. The predicted molar refractivity (Wildman–Crippen MR) is 150 cm³/mol. The van der Waals surface area contributed by atoms with Gasteiger partial charge < -0.3 is 24.4 Å². The van der Waals surface area contributed by atoms with Crippen LogP contribution in [0.15, 0.2) is 53.0 Å². The van der Waals surface area contributed by atoms with Gasteiger partial charge in [-0.3, -0.25) is 9.59 Å². The van der Waals surface area contributed by atoms with Crippen LogP contribution in [0.25, 0.3) is 10.2 Å². The number of nitrogens with zero attached hydrogens (tertiary/aromatic N) is 4. The van der Waals surface area contributed by atoms with E-state index in [0.717, 1.165) is 11.3 Å². The number of nitrogens with two attached hydrogens (primary N) is 1. The van der Waals surface area contributed by atoms with Crippen LogP contribution in [-0.4, -0.2) is 76.4 Å². The predicted octanol–water partition coefficient (Wildman–Crippen LogP) is 1.70. The number of ether oxygens (including phenoxy) is 3. The molecule has 0 aliphatic rings. The molecule has 0 amide bonds. The summed E-state index contributed by atoms with van der Waals surface area (Å²) in [4.78, 5) is 28.3. The van der Waals surface area contributed by atoms with Gasteiger partial charge in [0.2, 0.25) is 4.34 Å². The molecule has 14 nitrogen and oxygen atoms in total. The van der Waals surface area contributed by atoms with E-state index >= 15 is 0 Å². The molecule has 0 spiro atoms. The number of aliphatic hydroxyl groups is 1. The Morgan fingerprint density at radius 3 is 2.63 bits per heavy atom. The zero-order valence-electron chi connectivity index (χ0n) is 22.5. The molecule has 0 saturated heterocycles. The number of halogens is 1. The number of Topliss-reactive ketones (excluding diaryl/α,β-unsaturated/α-hetero) is 1. The van der Waals surface area contributed by atoms with Crippen molar-refractivity contribution in [3.05, 3.63) is 59.9 Å². The van der Waals surface area contributed by atoms with Crippen LogP contribution in [0.4, 0.5) is 4.39 Å². The summed E-state index contributed by atoms with van der Waals surface area (Å²) in [5.74, 6) is -1.87. The number of aliphatic hydroxyl groups excluding tert-OH is 1. The Labute approximate surface area is 248 Å². The highest BCUT2D eigenvalue weighted by Gasteiger charge is 2.22. The Morgan fingerprint density at radius 1 is 1.09 bits per heavy atom. The van der Waals surface area contributed by atoms with Gasteiger partial charge in [-0.1, -0.05) is 17.3 Å². The molecule has 0 fully saturated rings. The van der Waals surface area contributed by atoms with Crippen molar-refractivity contribution in [2.75, 3.05) is 19.9 Å². The number of hydrogen-bond donors (Lipinski definition) is 3. The number of carbonyl (C=O) groups excluding carboxylic acids is 1. The number of hydrogen-bond acceptors (Lipinski definition) is 12. The Balaban J connectivity index is 1.24. The summed E-state index contributed by atoms with van der Waals surface area (Å²) in [6.07, 6.45) is -0.0283. The van der Waals surface area contributed by atoms with Crippen molar-refractivity contribution in [1.82, 2.24) is 20.0 Å². The molecule has 0 aliphatic heterocycles. The van der Waals surface area contributed by atoms with Crippen LogP contribution >= 0.6 is 11.3 Å². The third kappa shape index (κ3) is 9.48. The van der Waals surface area contributed by atoms with E-state index in [1.54, 1.807) is 42.5 Å². The highest BCUT2D eigenvalue weighted by Crippen LogP contribution is 2.28. The first-order valence-electron chi connectivity index (χ1n) is 12.7. The van der Waals surface area contributed by atoms with Crippen LogP contribution < -0.4 is 14.6 Å². The molecular formula is C26H28FN5O9S2. The maximum Gasteiger partial charge on any atom is 0.309 e. The van der Waals surface area contributed by atoms with Gasteiger partial charge in [-0.15, -0.1) is 16.4 Å². The standard InChI is InChI=1S/C26H28FN5O9S2/c27-9-20(34)15-41-21-3-1-2-16(6-21)12-39-13-17(25(35)36)7-19(33)11-32-10-18(30-31-32)14-40-22-4-5-24-23(8-22)29-26(42-24)43(28,37)38/h1-6,8,10,17,20,34H,7,9,11-15H2,(H,35,36)(H2,28,37,38)/t17-,20?/m0/s1. The van der Waals surface area contributed by atoms with E-state index in [2.05, 4.69) is 15.3 Å². The molecule has 2 aromatic heterocycles. The van der Waals surface area contributed by atoms with Crippen molar-refractivity contribution in [3.8, 4) is 11.5 Å². The van der Waals surface area contributed by atoms with E-state index in [-0.39, 0.29) is 43.7 Å². The van der Waals surface area contributed by atoms with Crippen molar-refractivity contribution < 1.29 is 46.8 Å². The average Bonchev–Trinajstić information content (AvgIpc) is 3.61. The van der Waals surface area contributed by atoms with Crippen LogP contribution in [0.2, 0.25) is 0 Å². The first-order chi connectivity index (χ1) is 20.5. The van der Waals surface area contributed by atoms with Gasteiger partial charge in [0.05, 0.1) is 35.5 Å². The molecule has 0 bridgehead atoms. The number of rotatable bonds is 17. The molecule has 0 saturated carbocycles. The molecule has 43 heavy (non-hydrogen) atoms. The fourth-order valence-electron chi connectivity index (χ4n) is 3.76. The number of benzene rings is 2. The largest absolute Gasteiger partial charge is 0.491 e. The lowest BCUT2D eigenvalue weighted by atomic mass is 10.0. The van der Waals surface area contributed by atoms with Crippen LogP contribution in [-0.2, 0) is 44.1 Å². The summed E-state index contributed by atoms with van der Waals surface area (Å²) in [5, 5.41) is 31.8. The van der Waals surface area contributed by atoms with Gasteiger partial charge in [-0.25, -0.2) is 27.6 Å². The summed E-state index contributed by atoms with van der Waals surface area (Å²) in [5.41, 5.74) is 1.48. The monoisotopic (exact) mass is 637 g/mol. The molecule has 2 aromatic carbocycles. The summed E-state index contributed by atoms with van der Waals surface area (Å²) in [7, 11) is -3.92. The van der Waals surface area contributed by atoms with Crippen molar-refractivity contribution in [1.29, 1.82) is 0 Å². The van der Waals surface area contributed by atoms with Gasteiger partial charge in [-0.05, 0) is 29.8 Å². The number of primary sulfonamides is 1. The van der Waals surface area contributed by atoms with E-state index in [1.807, 2.05) is 0 Å². The van der Waals surface area contributed by atoms with Crippen molar-refractivity contribution in [3.63, 3.8) is 0 Å². The van der Waals surface area contributed by atoms with Gasteiger partial charge in [-0.2, -0.15) is 0 Å². The normalized spacial score (nSPS) is 13.1. The quantitative estimate of drug-likeness (QED) is 0.151. The molecule has 2 heterocycles. The van der Waals surface area contributed by atoms with E-state index < -0.39 is 40.5 Å². The van der Waals surface area contributed by atoms with E-state index in [4.69, 9.17) is 19.3 Å². The van der Waals surface area contributed by atoms with Crippen molar-refractivity contribution in [2.45, 2.75) is 36.6 Å². The number of fused-ring (bicyclic) bond motifs is 1. The topological polar surface area (TPSA) is 206 Å². The van der Waals surface area contributed by atoms with Crippen molar-refractivity contribution >= 4 is 43.3 Å². The lowest BCUT2D eigenvalue weighted by molar-refractivity contribution is -0.146. The van der Waals surface area contributed by atoms with E-state index in [1.165, 1.54) is 10.9 Å². The first kappa shape index (κ1) is 31.9. The van der Waals surface area contributed by atoms with Crippen LogP contribution in [0.3, 0.4) is 0 Å². The minimum Gasteiger partial charge on any atom is -0.491 e. The minimum atomic E-state index is -3.92. The number of aliphatic carboxylic acids is 1.